The van der Waals surface area contributed by atoms with E-state index in [1.165, 1.54) is 5.56 Å². The number of hydrogen-bond acceptors (Lipinski definition) is 4. The van der Waals surface area contributed by atoms with Crippen LogP contribution >= 0.6 is 23.8 Å². The van der Waals surface area contributed by atoms with E-state index in [4.69, 9.17) is 28.7 Å². The minimum absolute atomic E-state index is 0.186. The van der Waals surface area contributed by atoms with Crippen molar-refractivity contribution in [3.8, 4) is 0 Å². The highest BCUT2D eigenvalue weighted by molar-refractivity contribution is 7.80. The summed E-state index contributed by atoms with van der Waals surface area (Å²) in [5.41, 5.74) is 2.22. The van der Waals surface area contributed by atoms with E-state index < -0.39 is 5.60 Å². The van der Waals surface area contributed by atoms with Gasteiger partial charge in [0, 0.05) is 50.5 Å². The number of carbonyl (C=O) groups is 1. The van der Waals surface area contributed by atoms with E-state index in [-0.39, 0.29) is 5.91 Å². The second-order valence-electron chi connectivity index (χ2n) is 7.93. The van der Waals surface area contributed by atoms with Crippen molar-refractivity contribution in [3.05, 3.63) is 70.7 Å². The monoisotopic (exact) mass is 456 g/mol. The lowest BCUT2D eigenvalue weighted by Gasteiger charge is -2.38. The predicted molar refractivity (Wildman–Crippen MR) is 126 cm³/mol. The molecule has 0 bridgehead atoms. The number of likely N-dealkylation sites (tertiary alicyclic amines) is 1. The second kappa shape index (κ2) is 9.66. The molecule has 8 heteroatoms. The Morgan fingerprint density at radius 1 is 1.03 bits per heavy atom. The van der Waals surface area contributed by atoms with Crippen molar-refractivity contribution in [2.75, 3.05) is 13.1 Å². The number of piperidine rings is 1. The van der Waals surface area contributed by atoms with Gasteiger partial charge in [0.15, 0.2) is 5.11 Å². The van der Waals surface area contributed by atoms with Crippen LogP contribution in [0.1, 0.15) is 30.4 Å². The third-order valence-electron chi connectivity index (χ3n) is 5.72. The van der Waals surface area contributed by atoms with Crippen molar-refractivity contribution in [2.24, 2.45) is 5.16 Å². The Bertz CT molecular complexity index is 957. The first kappa shape index (κ1) is 21.6. The highest BCUT2D eigenvalue weighted by atomic mass is 35.5. The molecule has 1 amide bonds. The van der Waals surface area contributed by atoms with Crippen molar-refractivity contribution in [3.63, 3.8) is 0 Å². The summed E-state index contributed by atoms with van der Waals surface area (Å²) in [5, 5.41) is 11.8. The number of carbonyl (C=O) groups excluding carboxylic acids is 1. The van der Waals surface area contributed by atoms with Crippen LogP contribution in [0.5, 0.6) is 0 Å². The van der Waals surface area contributed by atoms with Gasteiger partial charge in [-0.3, -0.25) is 4.79 Å². The third-order valence-corrected chi connectivity index (χ3v) is 6.37. The topological polar surface area (TPSA) is 66.0 Å². The number of hydrogen-bond donors (Lipinski definition) is 2. The van der Waals surface area contributed by atoms with Gasteiger partial charge in [0.05, 0.1) is 0 Å². The van der Waals surface area contributed by atoms with Gasteiger partial charge in [0.25, 0.3) is 5.91 Å². The molecule has 31 heavy (non-hydrogen) atoms. The molecule has 0 aromatic heterocycles. The maximum Gasteiger partial charge on any atom is 0.269 e. The van der Waals surface area contributed by atoms with Crippen LogP contribution in [0.25, 0.3) is 0 Å². The van der Waals surface area contributed by atoms with E-state index in [2.05, 4.69) is 32.8 Å². The maximum atomic E-state index is 12.5. The van der Waals surface area contributed by atoms with Crippen molar-refractivity contribution in [1.29, 1.82) is 0 Å². The molecule has 2 N–H and O–H groups in total. The van der Waals surface area contributed by atoms with Crippen LogP contribution < -0.4 is 10.6 Å². The minimum atomic E-state index is -0.404. The SMILES string of the molecule is O=C(NCc1ccc(Cl)cc1)C1=NOC2(CCN(C(=S)NCc3ccccc3)CC2)C1. The highest BCUT2D eigenvalue weighted by Crippen LogP contribution is 2.34. The molecular weight excluding hydrogens is 432 g/mol. The fourth-order valence-electron chi connectivity index (χ4n) is 3.80. The minimum Gasteiger partial charge on any atom is -0.388 e. The van der Waals surface area contributed by atoms with E-state index >= 15 is 0 Å². The quantitative estimate of drug-likeness (QED) is 0.672. The first-order valence-corrected chi connectivity index (χ1v) is 11.2. The van der Waals surface area contributed by atoms with Crippen LogP contribution in [0, 0.1) is 0 Å². The van der Waals surface area contributed by atoms with E-state index in [9.17, 15) is 4.79 Å². The number of rotatable bonds is 5. The molecule has 2 aromatic rings. The Labute approximate surface area is 192 Å². The fourth-order valence-corrected chi connectivity index (χ4v) is 4.18. The second-order valence-corrected chi connectivity index (χ2v) is 8.75. The van der Waals surface area contributed by atoms with Crippen LogP contribution in [-0.4, -0.2) is 40.3 Å². The number of nitrogens with one attached hydrogen (secondary N) is 2. The fraction of sp³-hybridized carbons (Fsp3) is 0.348. The van der Waals surface area contributed by atoms with Gasteiger partial charge in [-0.1, -0.05) is 59.2 Å². The third kappa shape index (κ3) is 5.54. The van der Waals surface area contributed by atoms with Crippen LogP contribution in [-0.2, 0) is 22.7 Å². The first-order chi connectivity index (χ1) is 15.0. The number of benzene rings is 2. The van der Waals surface area contributed by atoms with Crippen LogP contribution in [0.3, 0.4) is 0 Å². The van der Waals surface area contributed by atoms with Gasteiger partial charge in [-0.2, -0.15) is 0 Å². The average Bonchev–Trinajstić information content (AvgIpc) is 3.21. The molecule has 0 atom stereocenters. The van der Waals surface area contributed by atoms with E-state index in [1.807, 2.05) is 30.3 Å². The molecule has 6 nitrogen and oxygen atoms in total. The number of nitrogens with zero attached hydrogens (tertiary/aromatic N) is 2. The normalized spacial score (nSPS) is 17.1. The molecule has 2 aromatic carbocycles. The zero-order chi connectivity index (χ0) is 21.7. The van der Waals surface area contributed by atoms with Crippen molar-refractivity contribution < 1.29 is 9.63 Å². The molecular formula is C23H25ClN4O2S. The summed E-state index contributed by atoms with van der Waals surface area (Å²) in [7, 11) is 0. The van der Waals surface area contributed by atoms with Crippen molar-refractivity contribution in [2.45, 2.75) is 38.0 Å². The largest absolute Gasteiger partial charge is 0.388 e. The lowest BCUT2D eigenvalue weighted by atomic mass is 9.87. The van der Waals surface area contributed by atoms with Crippen molar-refractivity contribution >= 4 is 40.6 Å². The Morgan fingerprint density at radius 3 is 2.39 bits per heavy atom. The number of thiocarbonyl (C=S) groups is 1. The number of amides is 1. The highest BCUT2D eigenvalue weighted by Gasteiger charge is 2.44. The van der Waals surface area contributed by atoms with E-state index in [0.717, 1.165) is 36.6 Å². The Hall–Kier alpha value is -2.64. The standard InChI is InChI=1S/C23H25ClN4O2S/c24-19-8-6-18(7-9-19)15-25-21(29)20-14-23(30-27-20)10-12-28(13-11-23)22(31)26-16-17-4-2-1-3-5-17/h1-9H,10-16H2,(H,25,29)(H,26,31). The zero-order valence-electron chi connectivity index (χ0n) is 17.1. The van der Waals surface area contributed by atoms with Gasteiger partial charge in [-0.05, 0) is 35.5 Å². The summed E-state index contributed by atoms with van der Waals surface area (Å²) < 4.78 is 0. The molecule has 4 rings (SSSR count). The summed E-state index contributed by atoms with van der Waals surface area (Å²) in [4.78, 5) is 20.4. The first-order valence-electron chi connectivity index (χ1n) is 10.4. The number of halogens is 1. The number of oxime groups is 1. The Balaban J connectivity index is 1.22. The van der Waals surface area contributed by atoms with Gasteiger partial charge in [0.1, 0.15) is 11.3 Å². The molecule has 2 aliphatic heterocycles. The molecule has 162 valence electrons. The summed E-state index contributed by atoms with van der Waals surface area (Å²) in [6.07, 6.45) is 2.08. The molecule has 1 spiro atoms. The zero-order valence-corrected chi connectivity index (χ0v) is 18.7. The Morgan fingerprint density at radius 2 is 1.68 bits per heavy atom. The molecule has 0 saturated carbocycles. The molecule has 2 heterocycles. The Kier molecular flexibility index (Phi) is 6.73. The van der Waals surface area contributed by atoms with Gasteiger partial charge >= 0.3 is 0 Å². The molecule has 1 fully saturated rings. The van der Waals surface area contributed by atoms with E-state index in [1.54, 1.807) is 12.1 Å². The maximum absolute atomic E-state index is 12.5. The lowest BCUT2D eigenvalue weighted by Crippen LogP contribution is -2.50. The van der Waals surface area contributed by atoms with Gasteiger partial charge in [-0.25, -0.2) is 0 Å². The smallest absolute Gasteiger partial charge is 0.269 e. The molecule has 0 unspecified atom stereocenters. The summed E-state index contributed by atoms with van der Waals surface area (Å²) in [6, 6.07) is 17.6. The molecule has 0 radical (unpaired) electrons. The predicted octanol–water partition coefficient (Wildman–Crippen LogP) is 3.64. The molecule has 1 saturated heterocycles. The van der Waals surface area contributed by atoms with Crippen LogP contribution in [0.15, 0.2) is 59.8 Å². The van der Waals surface area contributed by atoms with Gasteiger partial charge in [0.2, 0.25) is 0 Å². The summed E-state index contributed by atoms with van der Waals surface area (Å²) in [5.74, 6) is -0.186. The summed E-state index contributed by atoms with van der Waals surface area (Å²) >= 11 is 11.5. The molecule has 0 aliphatic carbocycles. The summed E-state index contributed by atoms with van der Waals surface area (Å²) in [6.45, 7) is 2.68. The van der Waals surface area contributed by atoms with E-state index in [0.29, 0.717) is 30.2 Å². The average molecular weight is 457 g/mol. The van der Waals surface area contributed by atoms with Gasteiger partial charge < -0.3 is 20.4 Å². The van der Waals surface area contributed by atoms with Crippen LogP contribution in [0.2, 0.25) is 5.02 Å². The van der Waals surface area contributed by atoms with Crippen molar-refractivity contribution in [1.82, 2.24) is 15.5 Å². The molecule has 2 aliphatic rings. The van der Waals surface area contributed by atoms with Crippen LogP contribution in [0.4, 0.5) is 0 Å². The van der Waals surface area contributed by atoms with Gasteiger partial charge in [-0.15, -0.1) is 0 Å². The lowest BCUT2D eigenvalue weighted by molar-refractivity contribution is -0.115.